The highest BCUT2D eigenvalue weighted by Crippen LogP contribution is 2.19. The second-order valence-electron chi connectivity index (χ2n) is 6.88. The predicted octanol–water partition coefficient (Wildman–Crippen LogP) is 0.877. The number of fused-ring (bicyclic) bond motifs is 1. The van der Waals surface area contributed by atoms with Crippen molar-refractivity contribution in [1.29, 1.82) is 0 Å². The Morgan fingerprint density at radius 3 is 2.69 bits per heavy atom. The molecule has 140 valence electrons. The minimum absolute atomic E-state index is 0.0716. The van der Waals surface area contributed by atoms with Crippen molar-refractivity contribution >= 4 is 5.91 Å². The number of hydrogen-bond acceptors (Lipinski definition) is 6. The SMILES string of the molecule is CCc1ncc(C(=O)N2CCCn3nc(C(O)CN(C)C)cc3C2)cn1. The largest absolute Gasteiger partial charge is 0.385 e. The molecule has 2 aromatic rings. The van der Waals surface area contributed by atoms with Gasteiger partial charge >= 0.3 is 0 Å². The van der Waals surface area contributed by atoms with Gasteiger partial charge in [0.2, 0.25) is 0 Å². The normalized spacial score (nSPS) is 15.7. The van der Waals surface area contributed by atoms with Crippen LogP contribution in [0.5, 0.6) is 0 Å². The Kier molecular flexibility index (Phi) is 5.63. The molecule has 1 N–H and O–H groups in total. The minimum Gasteiger partial charge on any atom is -0.385 e. The number of aliphatic hydroxyl groups excluding tert-OH is 1. The summed E-state index contributed by atoms with van der Waals surface area (Å²) in [6.07, 6.45) is 4.13. The van der Waals surface area contributed by atoms with Gasteiger partial charge in [0, 0.05) is 38.4 Å². The van der Waals surface area contributed by atoms with Gasteiger partial charge in [-0.05, 0) is 26.6 Å². The number of nitrogens with zero attached hydrogens (tertiary/aromatic N) is 6. The van der Waals surface area contributed by atoms with Crippen molar-refractivity contribution in [2.24, 2.45) is 0 Å². The van der Waals surface area contributed by atoms with Crippen LogP contribution in [0.15, 0.2) is 18.5 Å². The Morgan fingerprint density at radius 1 is 1.31 bits per heavy atom. The number of aromatic nitrogens is 4. The lowest BCUT2D eigenvalue weighted by atomic mass is 10.2. The lowest BCUT2D eigenvalue weighted by Crippen LogP contribution is -2.31. The summed E-state index contributed by atoms with van der Waals surface area (Å²) in [5, 5.41) is 14.8. The first kappa shape index (κ1) is 18.5. The Hall–Kier alpha value is -2.32. The van der Waals surface area contributed by atoms with E-state index in [1.165, 1.54) is 0 Å². The first-order valence-corrected chi connectivity index (χ1v) is 8.97. The molecule has 3 heterocycles. The molecule has 0 aliphatic carbocycles. The van der Waals surface area contributed by atoms with Crippen molar-refractivity contribution in [2.45, 2.75) is 39.0 Å². The molecule has 8 heteroatoms. The fourth-order valence-electron chi connectivity index (χ4n) is 3.09. The van der Waals surface area contributed by atoms with Gasteiger partial charge in [0.1, 0.15) is 11.9 Å². The Balaban J connectivity index is 1.76. The van der Waals surface area contributed by atoms with Gasteiger partial charge in [-0.25, -0.2) is 9.97 Å². The van der Waals surface area contributed by atoms with Gasteiger partial charge in [0.25, 0.3) is 5.91 Å². The highest BCUT2D eigenvalue weighted by Gasteiger charge is 2.24. The molecule has 2 aromatic heterocycles. The maximum Gasteiger partial charge on any atom is 0.257 e. The zero-order chi connectivity index (χ0) is 18.7. The summed E-state index contributed by atoms with van der Waals surface area (Å²) in [6, 6.07) is 1.90. The number of amides is 1. The van der Waals surface area contributed by atoms with E-state index in [0.717, 1.165) is 30.9 Å². The minimum atomic E-state index is -0.636. The number of likely N-dealkylation sites (N-methyl/N-ethyl adjacent to an activating group) is 1. The lowest BCUT2D eigenvalue weighted by molar-refractivity contribution is 0.0744. The van der Waals surface area contributed by atoms with Crippen molar-refractivity contribution in [3.8, 4) is 0 Å². The third kappa shape index (κ3) is 4.08. The van der Waals surface area contributed by atoms with Crippen LogP contribution in [0.2, 0.25) is 0 Å². The summed E-state index contributed by atoms with van der Waals surface area (Å²) in [5.74, 6) is 0.660. The van der Waals surface area contributed by atoms with Crippen molar-refractivity contribution in [1.82, 2.24) is 29.5 Å². The van der Waals surface area contributed by atoms with Gasteiger partial charge in [0.05, 0.1) is 23.5 Å². The fourth-order valence-corrected chi connectivity index (χ4v) is 3.09. The molecule has 1 aliphatic heterocycles. The summed E-state index contributed by atoms with van der Waals surface area (Å²) in [6.45, 7) is 4.36. The number of rotatable bonds is 5. The molecule has 0 aromatic carbocycles. The molecule has 1 amide bonds. The van der Waals surface area contributed by atoms with Crippen molar-refractivity contribution in [2.75, 3.05) is 27.2 Å². The zero-order valence-corrected chi connectivity index (χ0v) is 15.6. The highest BCUT2D eigenvalue weighted by molar-refractivity contribution is 5.93. The first-order chi connectivity index (χ1) is 12.5. The third-order valence-electron chi connectivity index (χ3n) is 4.47. The number of carbonyl (C=O) groups is 1. The molecular weight excluding hydrogens is 332 g/mol. The Morgan fingerprint density at radius 2 is 2.04 bits per heavy atom. The van der Waals surface area contributed by atoms with E-state index in [-0.39, 0.29) is 5.91 Å². The Bertz CT molecular complexity index is 756. The summed E-state index contributed by atoms with van der Waals surface area (Å²) >= 11 is 0. The topological polar surface area (TPSA) is 87.4 Å². The number of carbonyl (C=O) groups excluding carboxylic acids is 1. The van der Waals surface area contributed by atoms with E-state index in [9.17, 15) is 9.90 Å². The molecule has 1 atom stereocenters. The van der Waals surface area contributed by atoms with Crippen molar-refractivity contribution in [3.63, 3.8) is 0 Å². The van der Waals surface area contributed by atoms with Gasteiger partial charge in [0.15, 0.2) is 0 Å². The average Bonchev–Trinajstić information content (AvgIpc) is 2.92. The van der Waals surface area contributed by atoms with Gasteiger partial charge in [-0.2, -0.15) is 5.10 Å². The van der Waals surface area contributed by atoms with E-state index < -0.39 is 6.10 Å². The van der Waals surface area contributed by atoms with Crippen molar-refractivity contribution in [3.05, 3.63) is 41.2 Å². The molecular formula is C18H26N6O2. The van der Waals surface area contributed by atoms with E-state index in [1.54, 1.807) is 17.3 Å². The third-order valence-corrected chi connectivity index (χ3v) is 4.47. The van der Waals surface area contributed by atoms with E-state index in [2.05, 4.69) is 15.1 Å². The highest BCUT2D eigenvalue weighted by atomic mass is 16.3. The summed E-state index contributed by atoms with van der Waals surface area (Å²) in [7, 11) is 3.83. The summed E-state index contributed by atoms with van der Waals surface area (Å²) < 4.78 is 1.90. The zero-order valence-electron chi connectivity index (χ0n) is 15.6. The molecule has 0 radical (unpaired) electrons. The van der Waals surface area contributed by atoms with Crippen molar-refractivity contribution < 1.29 is 9.90 Å². The molecule has 3 rings (SSSR count). The maximum atomic E-state index is 12.8. The quantitative estimate of drug-likeness (QED) is 0.854. The van der Waals surface area contributed by atoms with E-state index >= 15 is 0 Å². The molecule has 0 saturated carbocycles. The molecule has 0 saturated heterocycles. The van der Waals surface area contributed by atoms with Crippen LogP contribution in [0.1, 0.15) is 47.0 Å². The van der Waals surface area contributed by atoms with E-state index in [4.69, 9.17) is 0 Å². The second-order valence-corrected chi connectivity index (χ2v) is 6.88. The van der Waals surface area contributed by atoms with Gasteiger partial charge in [-0.15, -0.1) is 0 Å². The van der Waals surface area contributed by atoms with E-state index in [1.807, 2.05) is 36.7 Å². The Labute approximate surface area is 153 Å². The first-order valence-electron chi connectivity index (χ1n) is 8.97. The summed E-state index contributed by atoms with van der Waals surface area (Å²) in [4.78, 5) is 25.0. The molecule has 8 nitrogen and oxygen atoms in total. The monoisotopic (exact) mass is 358 g/mol. The summed E-state index contributed by atoms with van der Waals surface area (Å²) in [5.41, 5.74) is 2.09. The molecule has 26 heavy (non-hydrogen) atoms. The van der Waals surface area contributed by atoms with Gasteiger partial charge in [-0.1, -0.05) is 6.92 Å². The second kappa shape index (κ2) is 7.92. The van der Waals surface area contributed by atoms with Crippen LogP contribution in [-0.2, 0) is 19.5 Å². The van der Waals surface area contributed by atoms with E-state index in [0.29, 0.717) is 30.9 Å². The molecule has 1 aliphatic rings. The van der Waals surface area contributed by atoms with Crippen LogP contribution in [0.4, 0.5) is 0 Å². The van der Waals surface area contributed by atoms with Crippen LogP contribution < -0.4 is 0 Å². The number of aliphatic hydroxyl groups is 1. The van der Waals surface area contributed by atoms with Gasteiger partial charge < -0.3 is 14.9 Å². The average molecular weight is 358 g/mol. The smallest absolute Gasteiger partial charge is 0.257 e. The van der Waals surface area contributed by atoms with Crippen LogP contribution in [0, 0.1) is 0 Å². The maximum absolute atomic E-state index is 12.8. The van der Waals surface area contributed by atoms with Crippen LogP contribution in [0.3, 0.4) is 0 Å². The van der Waals surface area contributed by atoms with Crippen LogP contribution >= 0.6 is 0 Å². The van der Waals surface area contributed by atoms with Crippen LogP contribution in [0.25, 0.3) is 0 Å². The van der Waals surface area contributed by atoms with Gasteiger partial charge in [-0.3, -0.25) is 9.48 Å². The molecule has 0 fully saturated rings. The van der Waals surface area contributed by atoms with Crippen LogP contribution in [-0.4, -0.2) is 67.7 Å². The number of hydrogen-bond donors (Lipinski definition) is 1. The molecule has 1 unspecified atom stereocenters. The molecule has 0 spiro atoms. The standard InChI is InChI=1S/C18H26N6O2/c1-4-17-19-9-13(10-20-17)18(26)23-6-5-7-24-14(11-23)8-15(21-24)16(25)12-22(2)3/h8-10,16,25H,4-7,11-12H2,1-3H3. The predicted molar refractivity (Wildman–Crippen MR) is 96.5 cm³/mol. The fraction of sp³-hybridized carbons (Fsp3) is 0.556. The number of aryl methyl sites for hydroxylation is 2. The molecule has 0 bridgehead atoms. The lowest BCUT2D eigenvalue weighted by Gasteiger charge is -2.19.